The molecule has 10 heavy (non-hydrogen) atoms. The van der Waals surface area contributed by atoms with E-state index >= 15 is 0 Å². The molecule has 56 valence electrons. The van der Waals surface area contributed by atoms with Gasteiger partial charge in [0, 0.05) is 6.54 Å². The maximum Gasteiger partial charge on any atom is 0.310 e. The minimum absolute atomic E-state index is 0.344. The predicted molar refractivity (Wildman–Crippen MR) is 37.1 cm³/mol. The molecule has 4 heteroatoms. The van der Waals surface area contributed by atoms with Gasteiger partial charge in [0.05, 0.1) is 18.3 Å². The molecule has 0 aliphatic carbocycles. The number of hydrogen-bond acceptors (Lipinski definition) is 3. The molecule has 1 heterocycles. The highest BCUT2D eigenvalue weighted by Gasteiger charge is 2.19. The third-order valence-electron chi connectivity index (χ3n) is 1.50. The third-order valence-corrected chi connectivity index (χ3v) is 1.50. The van der Waals surface area contributed by atoms with Crippen LogP contribution in [0.3, 0.4) is 0 Å². The average Bonchev–Trinajstić information content (AvgIpc) is 1.88. The number of amidine groups is 1. The number of nitrogens with one attached hydrogen (secondary N) is 1. The summed E-state index contributed by atoms with van der Waals surface area (Å²) in [7, 11) is 0. The summed E-state index contributed by atoms with van der Waals surface area (Å²) in [6.07, 6.45) is 0. The van der Waals surface area contributed by atoms with Crippen molar-refractivity contribution in [2.24, 2.45) is 10.9 Å². The molecule has 1 unspecified atom stereocenters. The van der Waals surface area contributed by atoms with Crippen molar-refractivity contribution in [1.29, 1.82) is 0 Å². The number of aliphatic carboxylic acids is 1. The second-order valence-corrected chi connectivity index (χ2v) is 2.34. The van der Waals surface area contributed by atoms with Gasteiger partial charge in [0.2, 0.25) is 0 Å². The summed E-state index contributed by atoms with van der Waals surface area (Å²) in [5.74, 6) is -0.287. The van der Waals surface area contributed by atoms with Crippen molar-refractivity contribution < 1.29 is 9.90 Å². The summed E-state index contributed by atoms with van der Waals surface area (Å²) in [5.41, 5.74) is 0. The molecule has 0 spiro atoms. The highest BCUT2D eigenvalue weighted by atomic mass is 16.4. The van der Waals surface area contributed by atoms with Crippen LogP contribution in [0.25, 0.3) is 0 Å². The number of rotatable bonds is 1. The highest BCUT2D eigenvalue weighted by Crippen LogP contribution is 2.00. The molecule has 1 atom stereocenters. The van der Waals surface area contributed by atoms with Crippen LogP contribution in [0.4, 0.5) is 0 Å². The molecule has 0 aromatic heterocycles. The van der Waals surface area contributed by atoms with Gasteiger partial charge in [-0.05, 0) is 6.92 Å². The van der Waals surface area contributed by atoms with Crippen LogP contribution < -0.4 is 5.32 Å². The smallest absolute Gasteiger partial charge is 0.310 e. The van der Waals surface area contributed by atoms with Crippen molar-refractivity contribution in [3.63, 3.8) is 0 Å². The summed E-state index contributed by atoms with van der Waals surface area (Å²) >= 11 is 0. The Morgan fingerprint density at radius 3 is 3.00 bits per heavy atom. The van der Waals surface area contributed by atoms with Gasteiger partial charge in [0.15, 0.2) is 0 Å². The largest absolute Gasteiger partial charge is 0.481 e. The number of nitrogens with zero attached hydrogens (tertiary/aromatic N) is 1. The molecule has 1 aliphatic heterocycles. The van der Waals surface area contributed by atoms with Crippen molar-refractivity contribution >= 4 is 11.8 Å². The van der Waals surface area contributed by atoms with E-state index in [-0.39, 0.29) is 5.92 Å². The lowest BCUT2D eigenvalue weighted by Crippen LogP contribution is -2.37. The molecule has 0 saturated carbocycles. The van der Waals surface area contributed by atoms with Gasteiger partial charge in [0.1, 0.15) is 0 Å². The number of carboxylic acids is 1. The number of aliphatic imine (C=N–C) groups is 1. The Morgan fingerprint density at radius 1 is 1.90 bits per heavy atom. The van der Waals surface area contributed by atoms with Crippen LogP contribution in [-0.4, -0.2) is 30.0 Å². The number of hydrogen-bond donors (Lipinski definition) is 2. The van der Waals surface area contributed by atoms with E-state index in [1.54, 1.807) is 0 Å². The molecule has 4 nitrogen and oxygen atoms in total. The van der Waals surface area contributed by atoms with Gasteiger partial charge >= 0.3 is 5.97 Å². The number of carbonyl (C=O) groups is 1. The first-order chi connectivity index (χ1) is 4.70. The zero-order valence-electron chi connectivity index (χ0n) is 5.79. The Hall–Kier alpha value is -1.06. The topological polar surface area (TPSA) is 61.7 Å². The molecule has 2 N–H and O–H groups in total. The average molecular weight is 142 g/mol. The fourth-order valence-corrected chi connectivity index (χ4v) is 0.804. The van der Waals surface area contributed by atoms with E-state index < -0.39 is 5.97 Å². The Balaban J connectivity index is 2.50. The highest BCUT2D eigenvalue weighted by molar-refractivity contribution is 5.82. The summed E-state index contributed by atoms with van der Waals surface area (Å²) in [4.78, 5) is 14.3. The van der Waals surface area contributed by atoms with Crippen LogP contribution in [0.1, 0.15) is 6.92 Å². The van der Waals surface area contributed by atoms with Crippen LogP contribution in [0.2, 0.25) is 0 Å². The van der Waals surface area contributed by atoms with Gasteiger partial charge in [-0.25, -0.2) is 0 Å². The van der Waals surface area contributed by atoms with E-state index in [0.29, 0.717) is 13.1 Å². The summed E-state index contributed by atoms with van der Waals surface area (Å²) < 4.78 is 0. The van der Waals surface area contributed by atoms with E-state index in [4.69, 9.17) is 5.11 Å². The Kier molecular flexibility index (Phi) is 1.89. The first-order valence-electron chi connectivity index (χ1n) is 3.18. The van der Waals surface area contributed by atoms with Crippen LogP contribution >= 0.6 is 0 Å². The summed E-state index contributed by atoms with van der Waals surface area (Å²) in [5, 5.41) is 11.4. The van der Waals surface area contributed by atoms with Crippen LogP contribution in [0.5, 0.6) is 0 Å². The molecule has 1 aliphatic rings. The Morgan fingerprint density at radius 2 is 2.60 bits per heavy atom. The summed E-state index contributed by atoms with van der Waals surface area (Å²) in [6.45, 7) is 2.75. The van der Waals surface area contributed by atoms with E-state index in [9.17, 15) is 4.79 Å². The fraction of sp³-hybridized carbons (Fsp3) is 0.667. The van der Waals surface area contributed by atoms with Crippen LogP contribution in [0.15, 0.2) is 4.99 Å². The zero-order valence-corrected chi connectivity index (χ0v) is 5.79. The molecular weight excluding hydrogens is 132 g/mol. The molecule has 0 radical (unpaired) electrons. The van der Waals surface area contributed by atoms with Gasteiger partial charge < -0.3 is 10.4 Å². The summed E-state index contributed by atoms with van der Waals surface area (Å²) in [6, 6.07) is 0. The van der Waals surface area contributed by atoms with Crippen molar-refractivity contribution in [3.05, 3.63) is 0 Å². The maximum atomic E-state index is 10.4. The second kappa shape index (κ2) is 2.68. The SMILES string of the molecule is CC1=NCC(C(=O)O)CN1. The van der Waals surface area contributed by atoms with Crippen molar-refractivity contribution in [2.75, 3.05) is 13.1 Å². The molecule has 0 bridgehead atoms. The van der Waals surface area contributed by atoms with Gasteiger partial charge in [-0.15, -0.1) is 0 Å². The molecule has 1 rings (SSSR count). The molecule has 0 aromatic rings. The Labute approximate surface area is 59.0 Å². The lowest BCUT2D eigenvalue weighted by atomic mass is 10.1. The molecule has 0 saturated heterocycles. The second-order valence-electron chi connectivity index (χ2n) is 2.34. The standard InChI is InChI=1S/C6H10N2O2/c1-4-7-2-5(3-8-4)6(9)10/h5H,2-3H2,1H3,(H,7,8)(H,9,10). The van der Waals surface area contributed by atoms with Crippen LogP contribution in [-0.2, 0) is 4.79 Å². The zero-order chi connectivity index (χ0) is 7.56. The molecular formula is C6H10N2O2. The molecule has 0 aromatic carbocycles. The monoisotopic (exact) mass is 142 g/mol. The predicted octanol–water partition coefficient (Wildman–Crippen LogP) is -0.291. The minimum Gasteiger partial charge on any atom is -0.481 e. The van der Waals surface area contributed by atoms with Gasteiger partial charge in [-0.1, -0.05) is 0 Å². The third kappa shape index (κ3) is 1.46. The van der Waals surface area contributed by atoms with Crippen LogP contribution in [0, 0.1) is 5.92 Å². The molecule has 0 amide bonds. The number of carboxylic acid groups (broad SMARTS) is 1. The van der Waals surface area contributed by atoms with E-state index in [1.165, 1.54) is 0 Å². The van der Waals surface area contributed by atoms with E-state index in [1.807, 2.05) is 6.92 Å². The fourth-order valence-electron chi connectivity index (χ4n) is 0.804. The van der Waals surface area contributed by atoms with E-state index in [2.05, 4.69) is 10.3 Å². The van der Waals surface area contributed by atoms with Crippen molar-refractivity contribution in [1.82, 2.24) is 5.32 Å². The lowest BCUT2D eigenvalue weighted by molar-refractivity contribution is -0.141. The van der Waals surface area contributed by atoms with Gasteiger partial charge in [-0.3, -0.25) is 9.79 Å². The maximum absolute atomic E-state index is 10.4. The normalized spacial score (nSPS) is 24.9. The lowest BCUT2D eigenvalue weighted by Gasteiger charge is -2.17. The quantitative estimate of drug-likeness (QED) is 0.528. The van der Waals surface area contributed by atoms with Gasteiger partial charge in [0.25, 0.3) is 0 Å². The first kappa shape index (κ1) is 7.05. The minimum atomic E-state index is -0.774. The molecule has 0 fully saturated rings. The van der Waals surface area contributed by atoms with Gasteiger partial charge in [-0.2, -0.15) is 0 Å². The van der Waals surface area contributed by atoms with E-state index in [0.717, 1.165) is 5.84 Å². The first-order valence-corrected chi connectivity index (χ1v) is 3.18. The van der Waals surface area contributed by atoms with Crippen molar-refractivity contribution in [3.8, 4) is 0 Å². The Bertz CT molecular complexity index is 177. The van der Waals surface area contributed by atoms with Crippen molar-refractivity contribution in [2.45, 2.75) is 6.92 Å².